The van der Waals surface area contributed by atoms with Crippen molar-refractivity contribution in [2.45, 2.75) is 32.7 Å². The molecule has 0 saturated heterocycles. The van der Waals surface area contributed by atoms with Crippen LogP contribution in [0.4, 0.5) is 4.39 Å². The zero-order valence-corrected chi connectivity index (χ0v) is 21.5. The summed E-state index contributed by atoms with van der Waals surface area (Å²) in [5.74, 6) is -0.367. The third kappa shape index (κ3) is 7.46. The summed E-state index contributed by atoms with van der Waals surface area (Å²) < 4.78 is 29.7. The highest BCUT2D eigenvalue weighted by Gasteiger charge is 2.19. The monoisotopic (exact) mass is 509 g/mol. The molecule has 3 aromatic carbocycles. The maximum absolute atomic E-state index is 13.3. The van der Waals surface area contributed by atoms with Crippen LogP contribution in [0.3, 0.4) is 0 Å². The number of carboxylic acids is 1. The van der Waals surface area contributed by atoms with Gasteiger partial charge in [0.15, 0.2) is 18.1 Å². The lowest BCUT2D eigenvalue weighted by molar-refractivity contribution is -0.134. The molecule has 8 heteroatoms. The minimum absolute atomic E-state index is 0.0109. The normalized spacial score (nSPS) is 10.8. The number of rotatable bonds is 12. The number of benzene rings is 3. The number of hydrogen-bond donors (Lipinski definition) is 1. The van der Waals surface area contributed by atoms with Gasteiger partial charge in [-0.3, -0.25) is 4.79 Å². The number of aromatic carboxylic acids is 1. The van der Waals surface area contributed by atoms with Gasteiger partial charge in [-0.25, -0.2) is 9.18 Å². The molecule has 0 aliphatic rings. The van der Waals surface area contributed by atoms with Crippen molar-refractivity contribution in [2.75, 3.05) is 27.4 Å². The van der Waals surface area contributed by atoms with Crippen LogP contribution in [0.1, 0.15) is 46.8 Å². The van der Waals surface area contributed by atoms with Gasteiger partial charge in [0.25, 0.3) is 5.91 Å². The first-order chi connectivity index (χ1) is 17.7. The molecule has 0 fully saturated rings. The molecule has 0 radical (unpaired) electrons. The standard InChI is InChI=1S/C29H32FNO6/c1-19(2)22-8-12-25(24(16-22)29(33)34)37-18-28(32)31(14-13-20-5-9-23(30)10-6-20)17-21-7-11-26(35-3)27(15-21)36-4/h5-12,15-16,19H,13-14,17-18H2,1-4H3,(H,33,34). The number of carbonyl (C=O) groups is 2. The Kier molecular flexibility index (Phi) is 9.49. The molecule has 0 atom stereocenters. The van der Waals surface area contributed by atoms with Gasteiger partial charge in [-0.15, -0.1) is 0 Å². The summed E-state index contributed by atoms with van der Waals surface area (Å²) in [6.07, 6.45) is 0.503. The minimum atomic E-state index is -1.12. The lowest BCUT2D eigenvalue weighted by Gasteiger charge is -2.24. The van der Waals surface area contributed by atoms with Gasteiger partial charge in [-0.1, -0.05) is 38.1 Å². The summed E-state index contributed by atoms with van der Waals surface area (Å²) >= 11 is 0. The van der Waals surface area contributed by atoms with Crippen LogP contribution in [0.2, 0.25) is 0 Å². The fourth-order valence-electron chi connectivity index (χ4n) is 3.84. The van der Waals surface area contributed by atoms with Gasteiger partial charge in [-0.2, -0.15) is 0 Å². The molecule has 0 bridgehead atoms. The van der Waals surface area contributed by atoms with Crippen LogP contribution in [0.25, 0.3) is 0 Å². The van der Waals surface area contributed by atoms with Crippen molar-refractivity contribution in [3.8, 4) is 17.2 Å². The van der Waals surface area contributed by atoms with Gasteiger partial charge in [0.05, 0.1) is 14.2 Å². The van der Waals surface area contributed by atoms with Crippen molar-refractivity contribution < 1.29 is 33.3 Å². The van der Waals surface area contributed by atoms with E-state index in [0.29, 0.717) is 24.5 Å². The second-order valence-corrected chi connectivity index (χ2v) is 8.89. The predicted octanol–water partition coefficient (Wildman–Crippen LogP) is 5.31. The summed E-state index contributed by atoms with van der Waals surface area (Å²) in [7, 11) is 3.09. The molecule has 0 aromatic heterocycles. The maximum atomic E-state index is 13.3. The number of hydrogen-bond acceptors (Lipinski definition) is 5. The summed E-state index contributed by atoms with van der Waals surface area (Å²) in [6.45, 7) is 4.22. The van der Waals surface area contributed by atoms with E-state index in [2.05, 4.69) is 0 Å². The van der Waals surface area contributed by atoms with Crippen molar-refractivity contribution >= 4 is 11.9 Å². The average molecular weight is 510 g/mol. The average Bonchev–Trinajstić information content (AvgIpc) is 2.90. The van der Waals surface area contributed by atoms with E-state index in [1.54, 1.807) is 54.5 Å². The van der Waals surface area contributed by atoms with Crippen LogP contribution in [0.5, 0.6) is 17.2 Å². The number of carbonyl (C=O) groups excluding carboxylic acids is 1. The molecule has 1 amide bonds. The van der Waals surface area contributed by atoms with Gasteiger partial charge in [0.1, 0.15) is 17.1 Å². The Labute approximate surface area is 216 Å². The van der Waals surface area contributed by atoms with Gasteiger partial charge in [-0.05, 0) is 65.4 Å². The third-order valence-electron chi connectivity index (χ3n) is 6.01. The molecule has 0 spiro atoms. The van der Waals surface area contributed by atoms with Crippen molar-refractivity contribution in [1.82, 2.24) is 4.90 Å². The number of carboxylic acid groups (broad SMARTS) is 1. The Morgan fingerprint density at radius 3 is 2.16 bits per heavy atom. The van der Waals surface area contributed by atoms with Crippen LogP contribution >= 0.6 is 0 Å². The summed E-state index contributed by atoms with van der Waals surface area (Å²) in [5.41, 5.74) is 2.57. The molecular weight excluding hydrogens is 477 g/mol. The first-order valence-corrected chi connectivity index (χ1v) is 11.9. The lowest BCUT2D eigenvalue weighted by Crippen LogP contribution is -2.36. The molecule has 0 aliphatic heterocycles. The Morgan fingerprint density at radius 1 is 0.892 bits per heavy atom. The van der Waals surface area contributed by atoms with Crippen molar-refractivity contribution in [3.63, 3.8) is 0 Å². The van der Waals surface area contributed by atoms with E-state index >= 15 is 0 Å². The third-order valence-corrected chi connectivity index (χ3v) is 6.01. The van der Waals surface area contributed by atoms with Crippen LogP contribution in [0, 0.1) is 5.82 Å². The Hall–Kier alpha value is -4.07. The van der Waals surface area contributed by atoms with E-state index in [9.17, 15) is 19.1 Å². The van der Waals surface area contributed by atoms with Crippen molar-refractivity contribution in [1.29, 1.82) is 0 Å². The second kappa shape index (κ2) is 12.8. The topological polar surface area (TPSA) is 85.3 Å². The van der Waals surface area contributed by atoms with Gasteiger partial charge >= 0.3 is 5.97 Å². The molecular formula is C29H32FNO6. The first-order valence-electron chi connectivity index (χ1n) is 11.9. The van der Waals surface area contributed by atoms with E-state index in [0.717, 1.165) is 16.7 Å². The van der Waals surface area contributed by atoms with Gasteiger partial charge in [0.2, 0.25) is 0 Å². The quantitative estimate of drug-likeness (QED) is 0.356. The van der Waals surface area contributed by atoms with Crippen molar-refractivity contribution in [3.05, 3.63) is 88.7 Å². The fraction of sp³-hybridized carbons (Fsp3) is 0.310. The van der Waals surface area contributed by atoms with E-state index in [1.165, 1.54) is 19.2 Å². The number of ether oxygens (including phenoxy) is 3. The molecule has 1 N–H and O–H groups in total. The Bertz CT molecular complexity index is 1230. The Morgan fingerprint density at radius 2 is 1.54 bits per heavy atom. The van der Waals surface area contributed by atoms with Gasteiger partial charge in [0, 0.05) is 13.1 Å². The van der Waals surface area contributed by atoms with E-state index < -0.39 is 5.97 Å². The number of halogens is 1. The maximum Gasteiger partial charge on any atom is 0.339 e. The minimum Gasteiger partial charge on any atom is -0.493 e. The molecule has 0 heterocycles. The van der Waals surface area contributed by atoms with E-state index in [1.807, 2.05) is 19.9 Å². The molecule has 0 aliphatic carbocycles. The second-order valence-electron chi connectivity index (χ2n) is 8.89. The zero-order chi connectivity index (χ0) is 26.9. The highest BCUT2D eigenvalue weighted by atomic mass is 19.1. The predicted molar refractivity (Wildman–Crippen MR) is 138 cm³/mol. The zero-order valence-electron chi connectivity index (χ0n) is 21.5. The largest absolute Gasteiger partial charge is 0.493 e. The van der Waals surface area contributed by atoms with E-state index in [4.69, 9.17) is 14.2 Å². The number of methoxy groups -OCH3 is 2. The molecule has 0 unspecified atom stereocenters. The SMILES string of the molecule is COc1ccc(CN(CCc2ccc(F)cc2)C(=O)COc2ccc(C(C)C)cc2C(=O)O)cc1OC. The molecule has 37 heavy (non-hydrogen) atoms. The van der Waals surface area contributed by atoms with Crippen molar-refractivity contribution in [2.24, 2.45) is 0 Å². The number of amides is 1. The smallest absolute Gasteiger partial charge is 0.339 e. The summed E-state index contributed by atoms with van der Waals surface area (Å²) in [5, 5.41) is 9.64. The highest BCUT2D eigenvalue weighted by molar-refractivity contribution is 5.91. The number of nitrogens with zero attached hydrogens (tertiary/aromatic N) is 1. The van der Waals surface area contributed by atoms with Gasteiger partial charge < -0.3 is 24.2 Å². The fourth-order valence-corrected chi connectivity index (χ4v) is 3.84. The summed E-state index contributed by atoms with van der Waals surface area (Å²) in [4.78, 5) is 26.7. The molecule has 0 saturated carbocycles. The summed E-state index contributed by atoms with van der Waals surface area (Å²) in [6, 6.07) is 16.5. The van der Waals surface area contributed by atoms with E-state index in [-0.39, 0.29) is 42.1 Å². The van der Waals surface area contributed by atoms with Crippen LogP contribution in [-0.4, -0.2) is 49.3 Å². The first kappa shape index (κ1) is 27.5. The Balaban J connectivity index is 1.79. The lowest BCUT2D eigenvalue weighted by atomic mass is 10.0. The molecule has 196 valence electrons. The molecule has 3 rings (SSSR count). The highest BCUT2D eigenvalue weighted by Crippen LogP contribution is 2.28. The molecule has 7 nitrogen and oxygen atoms in total. The van der Waals surface area contributed by atoms with Crippen LogP contribution in [-0.2, 0) is 17.8 Å². The van der Waals surface area contributed by atoms with Crippen LogP contribution < -0.4 is 14.2 Å². The molecule has 3 aromatic rings. The van der Waals surface area contributed by atoms with Crippen LogP contribution in [0.15, 0.2) is 60.7 Å².